The molecule has 0 aliphatic heterocycles. The van der Waals surface area contributed by atoms with Gasteiger partial charge in [-0.1, -0.05) is 194 Å². The number of hydrogen-bond donors (Lipinski definition) is 0. The predicted molar refractivity (Wildman–Crippen MR) is 428 cm³/mol. The van der Waals surface area contributed by atoms with E-state index in [0.29, 0.717) is 0 Å². The van der Waals surface area contributed by atoms with Crippen LogP contribution in [0.15, 0.2) is 364 Å². The molecule has 0 atom stereocenters. The van der Waals surface area contributed by atoms with E-state index in [9.17, 15) is 0 Å². The molecule has 14 aromatic carbocycles. The molecule has 0 aromatic heterocycles. The zero-order valence-electron chi connectivity index (χ0n) is 55.3. The van der Waals surface area contributed by atoms with Crippen LogP contribution in [0.25, 0.3) is 22.3 Å². The Kier molecular flexibility index (Phi) is 29.9. The van der Waals surface area contributed by atoms with Gasteiger partial charge in [0.2, 0.25) is 0 Å². The third-order valence-electron chi connectivity index (χ3n) is 17.8. The Hall–Kier alpha value is -8.00. The van der Waals surface area contributed by atoms with Gasteiger partial charge in [0.1, 0.15) is 95.3 Å². The molecule has 0 amide bonds. The van der Waals surface area contributed by atoms with E-state index in [0.717, 1.165) is 57.3 Å². The molecule has 0 spiro atoms. The summed E-state index contributed by atoms with van der Waals surface area (Å²) < 4.78 is 0. The molecule has 2 aliphatic carbocycles. The Balaban J connectivity index is 0.000000162. The van der Waals surface area contributed by atoms with Crippen LogP contribution in [-0.2, 0) is 102 Å². The van der Waals surface area contributed by atoms with E-state index >= 15 is 0 Å². The number of rotatable bonds is 12. The zero-order valence-corrected chi connectivity index (χ0v) is 67.9. The molecule has 102 heavy (non-hydrogen) atoms. The van der Waals surface area contributed by atoms with Crippen LogP contribution in [0.5, 0.6) is 0 Å². The van der Waals surface area contributed by atoms with Crippen LogP contribution in [0.2, 0.25) is 0 Å². The molecule has 0 heterocycles. The van der Waals surface area contributed by atoms with Crippen LogP contribution in [-0.4, -0.2) is 0 Å². The molecule has 504 valence electrons. The second-order valence-corrected chi connectivity index (χ2v) is 33.6. The molecule has 8 heteroatoms. The zero-order chi connectivity index (χ0) is 66.8. The maximum atomic E-state index is 7.18. The summed E-state index contributed by atoms with van der Waals surface area (Å²) in [6, 6.07) is 131. The molecule has 0 fully saturated rings. The molecule has 0 N–H and O–H groups in total. The maximum Gasteiger partial charge on any atom is 1.00 e. The third kappa shape index (κ3) is 18.7. The van der Waals surface area contributed by atoms with Gasteiger partial charge in [-0.2, -0.15) is 0 Å². The van der Waals surface area contributed by atoms with Crippen molar-refractivity contribution in [2.24, 2.45) is 0 Å². The normalized spacial score (nSPS) is 10.7. The molecule has 0 saturated heterocycles. The van der Waals surface area contributed by atoms with Crippen molar-refractivity contribution < 1.29 is 89.5 Å². The Morgan fingerprint density at radius 2 is 0.333 bits per heavy atom. The van der Waals surface area contributed by atoms with E-state index in [1.807, 2.05) is 48.5 Å². The first-order chi connectivity index (χ1) is 48.5. The molecule has 16 rings (SSSR count). The monoisotopic (exact) mass is 2110 g/mol. The molecule has 2 aliphatic rings. The van der Waals surface area contributed by atoms with Gasteiger partial charge in [0.15, 0.2) is 0 Å². The summed E-state index contributed by atoms with van der Waals surface area (Å²) in [6.45, 7) is 0. The Labute approximate surface area is 670 Å². The molecule has 14 aromatic rings. The summed E-state index contributed by atoms with van der Waals surface area (Å²) in [5, 5.41) is 17.4. The molecule has 0 radical (unpaired) electrons. The van der Waals surface area contributed by atoms with Crippen LogP contribution in [0.1, 0.15) is 44.5 Å². The summed E-state index contributed by atoms with van der Waals surface area (Å²) in [4.78, 5) is 0. The molecular formula is C94H68Au4P4+4. The molecule has 0 nitrogen and oxygen atoms in total. The van der Waals surface area contributed by atoms with Gasteiger partial charge in [0.25, 0.3) is 0 Å². The summed E-state index contributed by atoms with van der Waals surface area (Å²) in [7, 11) is -4.56. The molecular weight excluding hydrogens is 2040 g/mol. The van der Waals surface area contributed by atoms with Gasteiger partial charge in [-0.05, 0) is 179 Å². The molecule has 0 unspecified atom stereocenters. The van der Waals surface area contributed by atoms with Crippen LogP contribution in [0.3, 0.4) is 0 Å². The van der Waals surface area contributed by atoms with Crippen LogP contribution in [0.4, 0.5) is 0 Å². The van der Waals surface area contributed by atoms with Crippen molar-refractivity contribution in [1.82, 2.24) is 0 Å². The van der Waals surface area contributed by atoms with E-state index in [2.05, 4.69) is 339 Å². The summed E-state index contributed by atoms with van der Waals surface area (Å²) in [5.74, 6) is 9.65. The minimum atomic E-state index is -1.14. The van der Waals surface area contributed by atoms with Gasteiger partial charge < -0.3 is 25.7 Å². The quantitative estimate of drug-likeness (QED) is 0.0495. The Bertz CT molecular complexity index is 4390. The minimum absolute atomic E-state index is 0. The van der Waals surface area contributed by atoms with Gasteiger partial charge >= 0.3 is 89.5 Å². The first kappa shape index (κ1) is 78.1. The van der Waals surface area contributed by atoms with E-state index in [1.165, 1.54) is 85.9 Å². The minimum Gasteiger partial charge on any atom is -0.366 e. The van der Waals surface area contributed by atoms with E-state index < -0.39 is 31.7 Å². The van der Waals surface area contributed by atoms with Gasteiger partial charge in [0.05, 0.1) is 0 Å². The fourth-order valence-corrected chi connectivity index (χ4v) is 25.2. The number of fused-ring (bicyclic) bond motifs is 6. The second-order valence-electron chi connectivity index (χ2n) is 23.9. The van der Waals surface area contributed by atoms with Crippen molar-refractivity contribution in [3.8, 4) is 45.9 Å². The summed E-state index contributed by atoms with van der Waals surface area (Å²) in [6.07, 6.45) is 30.6. The van der Waals surface area contributed by atoms with Crippen molar-refractivity contribution in [3.05, 3.63) is 434 Å². The van der Waals surface area contributed by atoms with Crippen molar-refractivity contribution >= 4 is 95.3 Å². The SMILES string of the molecule is [Au+].[Au+].[Au+].[Au+].[C-]#Cc1ccc2c(c1)-c1cc(C#[C-])ccc1C2.[C-]#Cc1ccc2c(c1)-c1cc(C#[C-])ccc1C2.c1ccc([PH+](c2ccccc2)c2ccccc2[PH+](c2ccccc2)c2ccccc2)cc1.c1ccc([PH+](c2ccccc2)c2ccccc2[PH+](c2ccccc2)c2ccccc2)cc1. The fourth-order valence-electron chi connectivity index (χ4n) is 13.2. The smallest absolute Gasteiger partial charge is 0.366 e. The van der Waals surface area contributed by atoms with Crippen molar-refractivity contribution in [2.75, 3.05) is 0 Å². The van der Waals surface area contributed by atoms with Gasteiger partial charge in [-0.15, -0.1) is 70.8 Å². The Morgan fingerprint density at radius 3 is 0.480 bits per heavy atom. The molecule has 0 saturated carbocycles. The predicted octanol–water partition coefficient (Wildman–Crippen LogP) is 15.6. The average molecular weight is 2110 g/mol. The summed E-state index contributed by atoms with van der Waals surface area (Å²) in [5.41, 5.74) is 12.9. The largest absolute Gasteiger partial charge is 1.00 e. The average Bonchev–Trinajstić information content (AvgIpc) is 1.22. The van der Waals surface area contributed by atoms with Crippen molar-refractivity contribution in [1.29, 1.82) is 0 Å². The van der Waals surface area contributed by atoms with E-state index in [4.69, 9.17) is 25.7 Å². The topological polar surface area (TPSA) is 0 Å². The molecule has 0 bridgehead atoms. The second kappa shape index (κ2) is 39.0. The Morgan fingerprint density at radius 1 is 0.186 bits per heavy atom. The maximum absolute atomic E-state index is 7.18. The first-order valence-electron chi connectivity index (χ1n) is 32.8. The number of benzene rings is 14. The van der Waals surface area contributed by atoms with Gasteiger partial charge in [-0.25, -0.2) is 0 Å². The number of hydrogen-bond acceptors (Lipinski definition) is 0. The standard InChI is InChI=1S/2C30H24P2.2C17H8.4Au/c2*1-5-15-25(16-6-1)31(26-17-7-2-8-18-26)29-23-13-14-24-30(29)32(27-19-9-3-10-20-27)28-21-11-4-12-22-28;2*1-3-12-5-7-14-11-15-8-6-13(4-2)10-17(15)16(14)9-12;;;;/h2*1-24H;2*5-10H,11H2;;;;/q;;2*-2;4*+1/p+4. The first-order valence-corrected chi connectivity index (χ1v) is 38.8. The van der Waals surface area contributed by atoms with Gasteiger partial charge in [0, 0.05) is 0 Å². The van der Waals surface area contributed by atoms with E-state index in [-0.39, 0.29) is 89.5 Å². The van der Waals surface area contributed by atoms with E-state index in [1.54, 1.807) is 0 Å². The van der Waals surface area contributed by atoms with Crippen LogP contribution in [0, 0.1) is 49.4 Å². The fraction of sp³-hybridized carbons (Fsp3) is 0.0213. The van der Waals surface area contributed by atoms with Gasteiger partial charge in [-0.3, -0.25) is 23.7 Å². The van der Waals surface area contributed by atoms with Crippen LogP contribution >= 0.6 is 31.7 Å². The van der Waals surface area contributed by atoms with Crippen molar-refractivity contribution in [3.63, 3.8) is 0 Å². The van der Waals surface area contributed by atoms with Crippen molar-refractivity contribution in [2.45, 2.75) is 12.8 Å². The van der Waals surface area contributed by atoms with Crippen LogP contribution < -0.4 is 63.7 Å². The third-order valence-corrected chi connectivity index (χ3v) is 29.5. The summed E-state index contributed by atoms with van der Waals surface area (Å²) >= 11 is 0.